The second-order valence-corrected chi connectivity index (χ2v) is 7.22. The molecular weight excluding hydrogens is 370 g/mol. The number of fused-ring (bicyclic) bond motifs is 1. The molecule has 1 aromatic heterocycles. The molecule has 1 amide bonds. The Balaban J connectivity index is 1.77. The van der Waals surface area contributed by atoms with Crippen molar-refractivity contribution in [3.63, 3.8) is 0 Å². The van der Waals surface area contributed by atoms with Crippen LogP contribution in [-0.4, -0.2) is 17.8 Å². The molecule has 1 heterocycles. The molecule has 0 aliphatic rings. The smallest absolute Gasteiger partial charge is 0.336 e. The third-order valence-corrected chi connectivity index (χ3v) is 4.59. The molecule has 0 saturated carbocycles. The first-order valence-electron chi connectivity index (χ1n) is 9.41. The first-order chi connectivity index (χ1) is 13.7. The molecule has 2 aromatic carbocycles. The Morgan fingerprint density at radius 1 is 1.03 bits per heavy atom. The highest BCUT2D eigenvalue weighted by Gasteiger charge is 2.17. The molecule has 6 nitrogen and oxygen atoms in total. The van der Waals surface area contributed by atoms with E-state index in [0.717, 1.165) is 10.9 Å². The Morgan fingerprint density at radius 3 is 2.48 bits per heavy atom. The Bertz CT molecular complexity index is 1130. The predicted molar refractivity (Wildman–Crippen MR) is 112 cm³/mol. The van der Waals surface area contributed by atoms with Crippen LogP contribution in [0.3, 0.4) is 0 Å². The minimum atomic E-state index is -0.798. The van der Waals surface area contributed by atoms with E-state index in [1.165, 1.54) is 13.0 Å². The van der Waals surface area contributed by atoms with Gasteiger partial charge in [0.05, 0.1) is 0 Å². The molecule has 6 heteroatoms. The molecule has 150 valence electrons. The molecule has 29 heavy (non-hydrogen) atoms. The molecule has 0 unspecified atom stereocenters. The van der Waals surface area contributed by atoms with E-state index in [2.05, 4.69) is 5.32 Å². The van der Waals surface area contributed by atoms with Crippen LogP contribution in [0.2, 0.25) is 0 Å². The van der Waals surface area contributed by atoms with Crippen LogP contribution in [-0.2, 0) is 4.79 Å². The molecular formula is C23H23NO5. The molecule has 0 aliphatic carbocycles. The molecule has 0 bridgehead atoms. The van der Waals surface area contributed by atoms with Crippen molar-refractivity contribution in [2.24, 2.45) is 0 Å². The third kappa shape index (κ3) is 4.71. The van der Waals surface area contributed by atoms with Gasteiger partial charge in [0.25, 0.3) is 5.91 Å². The number of ether oxygens (including phenoxy) is 1. The minimum Gasteiger partial charge on any atom is -0.481 e. The summed E-state index contributed by atoms with van der Waals surface area (Å²) in [5.74, 6) is 0.150. The van der Waals surface area contributed by atoms with Crippen molar-refractivity contribution in [1.82, 2.24) is 0 Å². The van der Waals surface area contributed by atoms with Crippen molar-refractivity contribution in [2.45, 2.75) is 39.7 Å². The topological polar surface area (TPSA) is 85.6 Å². The van der Waals surface area contributed by atoms with Gasteiger partial charge in [-0.25, -0.2) is 4.79 Å². The zero-order valence-corrected chi connectivity index (χ0v) is 16.8. The van der Waals surface area contributed by atoms with Crippen molar-refractivity contribution in [3.05, 3.63) is 70.1 Å². The Labute approximate surface area is 168 Å². The lowest BCUT2D eigenvalue weighted by molar-refractivity contribution is -0.122. The van der Waals surface area contributed by atoms with E-state index >= 15 is 0 Å². The van der Waals surface area contributed by atoms with Gasteiger partial charge in [-0.3, -0.25) is 9.59 Å². The third-order valence-electron chi connectivity index (χ3n) is 4.59. The number of carbonyl (C=O) groups is 2. The number of rotatable bonds is 6. The van der Waals surface area contributed by atoms with Crippen LogP contribution in [0.15, 0.2) is 57.7 Å². The zero-order chi connectivity index (χ0) is 21.1. The van der Waals surface area contributed by atoms with Gasteiger partial charge in [0, 0.05) is 28.8 Å². The van der Waals surface area contributed by atoms with Crippen molar-refractivity contribution in [3.8, 4) is 5.75 Å². The van der Waals surface area contributed by atoms with Gasteiger partial charge in [0.2, 0.25) is 0 Å². The van der Waals surface area contributed by atoms with Gasteiger partial charge in [-0.2, -0.15) is 0 Å². The van der Waals surface area contributed by atoms with Crippen LogP contribution in [0.25, 0.3) is 11.0 Å². The lowest BCUT2D eigenvalue weighted by atomic mass is 10.00. The van der Waals surface area contributed by atoms with Gasteiger partial charge in [-0.05, 0) is 49.6 Å². The maximum atomic E-state index is 12.5. The second kappa shape index (κ2) is 8.31. The largest absolute Gasteiger partial charge is 0.481 e. The van der Waals surface area contributed by atoms with Gasteiger partial charge in [-0.15, -0.1) is 0 Å². The van der Waals surface area contributed by atoms with Crippen LogP contribution in [0.5, 0.6) is 5.75 Å². The molecule has 0 spiro atoms. The van der Waals surface area contributed by atoms with Crippen LogP contribution in [0.4, 0.5) is 5.69 Å². The van der Waals surface area contributed by atoms with Gasteiger partial charge in [0.1, 0.15) is 11.3 Å². The zero-order valence-electron chi connectivity index (χ0n) is 16.8. The van der Waals surface area contributed by atoms with Crippen molar-refractivity contribution in [1.29, 1.82) is 0 Å². The summed E-state index contributed by atoms with van der Waals surface area (Å²) in [6.07, 6.45) is -0.798. The number of ketones is 1. The number of hydrogen-bond donors (Lipinski definition) is 1. The summed E-state index contributed by atoms with van der Waals surface area (Å²) < 4.78 is 11.0. The predicted octanol–water partition coefficient (Wildman–Crippen LogP) is 4.53. The van der Waals surface area contributed by atoms with Gasteiger partial charge in [0.15, 0.2) is 11.9 Å². The van der Waals surface area contributed by atoms with E-state index < -0.39 is 11.7 Å². The summed E-state index contributed by atoms with van der Waals surface area (Å²) in [5, 5.41) is 3.58. The fraction of sp³-hybridized carbons (Fsp3) is 0.261. The highest BCUT2D eigenvalue weighted by atomic mass is 16.5. The van der Waals surface area contributed by atoms with Gasteiger partial charge in [-0.1, -0.05) is 26.0 Å². The van der Waals surface area contributed by atoms with Crippen molar-refractivity contribution < 1.29 is 18.7 Å². The summed E-state index contributed by atoms with van der Waals surface area (Å²) in [5.41, 5.74) is 1.93. The number of anilines is 1. The van der Waals surface area contributed by atoms with E-state index in [1.54, 1.807) is 43.3 Å². The Kier molecular flexibility index (Phi) is 5.82. The van der Waals surface area contributed by atoms with Crippen LogP contribution in [0.1, 0.15) is 49.5 Å². The van der Waals surface area contributed by atoms with E-state index in [0.29, 0.717) is 22.6 Å². The van der Waals surface area contributed by atoms with Crippen LogP contribution in [0, 0.1) is 0 Å². The normalized spacial score (nSPS) is 12.0. The molecule has 1 N–H and O–H groups in total. The fourth-order valence-corrected chi connectivity index (χ4v) is 3.04. The standard InChI is InChI=1S/C23H23NO5/c1-13(2)20-12-22(26)29-21-11-18(8-9-19(20)21)28-15(4)23(27)24-17-7-5-6-16(10-17)14(3)25/h5-13,15H,1-4H3,(H,24,27)/t15-/m1/s1. The quantitative estimate of drug-likeness (QED) is 0.491. The molecule has 0 aliphatic heterocycles. The monoisotopic (exact) mass is 393 g/mol. The number of nitrogens with one attached hydrogen (secondary N) is 1. The summed E-state index contributed by atoms with van der Waals surface area (Å²) in [4.78, 5) is 35.8. The summed E-state index contributed by atoms with van der Waals surface area (Å²) in [6, 6.07) is 13.4. The van der Waals surface area contributed by atoms with E-state index in [4.69, 9.17) is 9.15 Å². The molecule has 0 fully saturated rings. The molecule has 3 rings (SSSR count). The fourth-order valence-electron chi connectivity index (χ4n) is 3.04. The number of hydrogen-bond acceptors (Lipinski definition) is 5. The lowest BCUT2D eigenvalue weighted by Crippen LogP contribution is -2.30. The van der Waals surface area contributed by atoms with Gasteiger partial charge >= 0.3 is 5.63 Å². The minimum absolute atomic E-state index is 0.0798. The lowest BCUT2D eigenvalue weighted by Gasteiger charge is -2.16. The first kappa shape index (κ1) is 20.3. The van der Waals surface area contributed by atoms with E-state index in [-0.39, 0.29) is 17.6 Å². The Morgan fingerprint density at radius 2 is 1.79 bits per heavy atom. The summed E-state index contributed by atoms with van der Waals surface area (Å²) in [7, 11) is 0. The SMILES string of the molecule is CC(=O)c1cccc(NC(=O)[C@@H](C)Oc2ccc3c(C(C)C)cc(=O)oc3c2)c1. The van der Waals surface area contributed by atoms with E-state index in [1.807, 2.05) is 19.9 Å². The molecule has 1 atom stereocenters. The summed E-state index contributed by atoms with van der Waals surface area (Å²) in [6.45, 7) is 7.10. The molecule has 3 aromatic rings. The van der Waals surface area contributed by atoms with Crippen molar-refractivity contribution >= 4 is 28.3 Å². The first-order valence-corrected chi connectivity index (χ1v) is 9.41. The highest BCUT2D eigenvalue weighted by Crippen LogP contribution is 2.27. The molecule has 0 saturated heterocycles. The van der Waals surface area contributed by atoms with Crippen LogP contribution >= 0.6 is 0 Å². The molecule has 0 radical (unpaired) electrons. The number of carbonyl (C=O) groups excluding carboxylic acids is 2. The maximum absolute atomic E-state index is 12.5. The number of benzene rings is 2. The Hall–Kier alpha value is -3.41. The summed E-state index contributed by atoms with van der Waals surface area (Å²) >= 11 is 0. The average molecular weight is 393 g/mol. The maximum Gasteiger partial charge on any atom is 0.336 e. The average Bonchev–Trinajstić information content (AvgIpc) is 2.67. The van der Waals surface area contributed by atoms with Crippen molar-refractivity contribution in [2.75, 3.05) is 5.32 Å². The number of Topliss-reactive ketones (excluding diaryl/α,β-unsaturated/α-hetero) is 1. The second-order valence-electron chi connectivity index (χ2n) is 7.22. The van der Waals surface area contributed by atoms with Crippen LogP contribution < -0.4 is 15.7 Å². The van der Waals surface area contributed by atoms with Gasteiger partial charge < -0.3 is 14.5 Å². The number of amides is 1. The van der Waals surface area contributed by atoms with E-state index in [9.17, 15) is 14.4 Å². The highest BCUT2D eigenvalue weighted by molar-refractivity contribution is 5.98.